The second-order valence-corrected chi connectivity index (χ2v) is 4.29. The van der Waals surface area contributed by atoms with Gasteiger partial charge in [0, 0.05) is 5.88 Å². The van der Waals surface area contributed by atoms with Crippen molar-refractivity contribution in [1.29, 1.82) is 0 Å². The van der Waals surface area contributed by atoms with Crippen molar-refractivity contribution >= 4 is 21.4 Å². The normalized spacial score (nSPS) is 13.5. The molecule has 0 aromatic rings. The molecule has 2 nitrogen and oxygen atoms in total. The lowest BCUT2D eigenvalue weighted by atomic mass is 10.6. The Balaban J connectivity index is 4.26. The lowest BCUT2D eigenvalue weighted by Crippen LogP contribution is -2.26. The minimum absolute atomic E-state index is 0.0880. The van der Waals surface area contributed by atoms with Gasteiger partial charge in [-0.3, -0.25) is 0 Å². The summed E-state index contributed by atoms with van der Waals surface area (Å²) >= 11 is 5.03. The van der Waals surface area contributed by atoms with Crippen molar-refractivity contribution in [1.82, 2.24) is 0 Å². The third-order valence-corrected chi connectivity index (χ3v) is 2.70. The van der Waals surface area contributed by atoms with Crippen LogP contribution in [0.1, 0.15) is 6.42 Å². The minimum Gasteiger partial charge on any atom is -0.220 e. The van der Waals surface area contributed by atoms with E-state index in [0.29, 0.717) is 0 Å². The van der Waals surface area contributed by atoms with Gasteiger partial charge in [-0.1, -0.05) is 0 Å². The van der Waals surface area contributed by atoms with Gasteiger partial charge in [-0.05, 0) is 6.42 Å². The molecule has 0 aliphatic carbocycles. The Morgan fingerprint density at radius 1 is 1.27 bits per heavy atom. The molecule has 0 rings (SSSR count). The molecule has 0 amide bonds. The SMILES string of the molecule is O=S(=O)(CCCCl)C(F)(F)F. The molecule has 0 bridgehead atoms. The van der Waals surface area contributed by atoms with Crippen molar-refractivity contribution < 1.29 is 21.6 Å². The van der Waals surface area contributed by atoms with Gasteiger partial charge >= 0.3 is 5.51 Å². The number of rotatable bonds is 3. The van der Waals surface area contributed by atoms with Crippen LogP contribution >= 0.6 is 11.6 Å². The molecule has 0 atom stereocenters. The van der Waals surface area contributed by atoms with E-state index in [0.717, 1.165) is 0 Å². The Kier molecular flexibility index (Phi) is 3.63. The minimum atomic E-state index is -5.14. The predicted molar refractivity (Wildman–Crippen MR) is 35.2 cm³/mol. The van der Waals surface area contributed by atoms with Crippen LogP contribution in [0.3, 0.4) is 0 Å². The van der Waals surface area contributed by atoms with E-state index >= 15 is 0 Å². The van der Waals surface area contributed by atoms with E-state index in [1.807, 2.05) is 0 Å². The van der Waals surface area contributed by atoms with Gasteiger partial charge < -0.3 is 0 Å². The Labute approximate surface area is 67.3 Å². The fourth-order valence-electron chi connectivity index (χ4n) is 0.360. The van der Waals surface area contributed by atoms with Gasteiger partial charge in [-0.2, -0.15) is 13.2 Å². The number of hydrogen-bond donors (Lipinski definition) is 0. The summed E-state index contributed by atoms with van der Waals surface area (Å²) in [5.41, 5.74) is -5.14. The second-order valence-electron chi connectivity index (χ2n) is 1.81. The molecule has 0 unspecified atom stereocenters. The average molecular weight is 211 g/mol. The molecular formula is C4H6ClF3O2S. The van der Waals surface area contributed by atoms with E-state index in [1.165, 1.54) is 0 Å². The predicted octanol–water partition coefficient (Wildman–Crippen LogP) is 1.55. The van der Waals surface area contributed by atoms with Gasteiger partial charge in [0.05, 0.1) is 5.75 Å². The number of alkyl halides is 4. The lowest BCUT2D eigenvalue weighted by Gasteiger charge is -2.05. The first-order valence-electron chi connectivity index (χ1n) is 2.66. The number of sulfone groups is 1. The van der Waals surface area contributed by atoms with E-state index in [9.17, 15) is 21.6 Å². The first kappa shape index (κ1) is 11.0. The first-order valence-corrected chi connectivity index (χ1v) is 4.85. The molecule has 0 aromatic heterocycles. The third kappa shape index (κ3) is 3.29. The molecule has 7 heteroatoms. The van der Waals surface area contributed by atoms with Crippen LogP contribution in [0.15, 0.2) is 0 Å². The molecule has 68 valence electrons. The molecule has 0 heterocycles. The van der Waals surface area contributed by atoms with Gasteiger partial charge in [0.1, 0.15) is 0 Å². The van der Waals surface area contributed by atoms with Crippen LogP contribution in [0, 0.1) is 0 Å². The summed E-state index contributed by atoms with van der Waals surface area (Å²) < 4.78 is 55.0. The summed E-state index contributed by atoms with van der Waals surface area (Å²) in [4.78, 5) is 0. The van der Waals surface area contributed by atoms with E-state index < -0.39 is 21.1 Å². The molecular weight excluding hydrogens is 205 g/mol. The maximum absolute atomic E-state index is 11.5. The van der Waals surface area contributed by atoms with Crippen molar-refractivity contribution in [3.8, 4) is 0 Å². The zero-order valence-corrected chi connectivity index (χ0v) is 6.93. The standard InChI is InChI=1S/C4H6ClF3O2S/c5-2-1-3-11(9,10)4(6,7)8/h1-3H2. The van der Waals surface area contributed by atoms with Crippen LogP contribution < -0.4 is 0 Å². The van der Waals surface area contributed by atoms with Crippen LogP contribution in [0.25, 0.3) is 0 Å². The van der Waals surface area contributed by atoms with Crippen molar-refractivity contribution in [2.75, 3.05) is 11.6 Å². The maximum Gasteiger partial charge on any atom is 0.497 e. The number of halogens is 4. The lowest BCUT2D eigenvalue weighted by molar-refractivity contribution is -0.0435. The summed E-state index contributed by atoms with van der Waals surface area (Å²) in [6, 6.07) is 0. The molecule has 0 saturated heterocycles. The maximum atomic E-state index is 11.5. The summed E-state index contributed by atoms with van der Waals surface area (Å²) in [7, 11) is -4.94. The zero-order chi connectivity index (χ0) is 9.12. The van der Waals surface area contributed by atoms with E-state index in [2.05, 4.69) is 0 Å². The fraction of sp³-hybridized carbons (Fsp3) is 1.00. The van der Waals surface area contributed by atoms with Gasteiger partial charge in [-0.25, -0.2) is 8.42 Å². The van der Waals surface area contributed by atoms with Gasteiger partial charge in [0.2, 0.25) is 9.84 Å². The highest BCUT2D eigenvalue weighted by atomic mass is 35.5. The van der Waals surface area contributed by atoms with Crippen molar-refractivity contribution in [2.24, 2.45) is 0 Å². The highest BCUT2D eigenvalue weighted by Gasteiger charge is 2.44. The fourth-order valence-corrected chi connectivity index (χ4v) is 1.41. The van der Waals surface area contributed by atoms with Gasteiger partial charge in [0.15, 0.2) is 0 Å². The van der Waals surface area contributed by atoms with Crippen LogP contribution in [0.4, 0.5) is 13.2 Å². The van der Waals surface area contributed by atoms with E-state index in [-0.39, 0.29) is 12.3 Å². The topological polar surface area (TPSA) is 34.1 Å². The van der Waals surface area contributed by atoms with Crippen molar-refractivity contribution in [3.05, 3.63) is 0 Å². The van der Waals surface area contributed by atoms with Crippen molar-refractivity contribution in [3.63, 3.8) is 0 Å². The van der Waals surface area contributed by atoms with E-state index in [1.54, 1.807) is 0 Å². The Morgan fingerprint density at radius 2 is 1.73 bits per heavy atom. The monoisotopic (exact) mass is 210 g/mol. The summed E-state index contributed by atoms with van der Waals surface area (Å²) in [5.74, 6) is -1.02. The Bertz CT molecular complexity index is 208. The summed E-state index contributed by atoms with van der Waals surface area (Å²) in [5, 5.41) is 0. The van der Waals surface area contributed by atoms with E-state index in [4.69, 9.17) is 11.6 Å². The number of hydrogen-bond acceptors (Lipinski definition) is 2. The molecule has 0 radical (unpaired) electrons. The van der Waals surface area contributed by atoms with Gasteiger partial charge in [-0.15, -0.1) is 11.6 Å². The second kappa shape index (κ2) is 3.62. The zero-order valence-electron chi connectivity index (χ0n) is 5.36. The molecule has 11 heavy (non-hydrogen) atoms. The van der Waals surface area contributed by atoms with Crippen molar-refractivity contribution in [2.45, 2.75) is 11.9 Å². The molecule has 0 fully saturated rings. The Morgan fingerprint density at radius 3 is 2.00 bits per heavy atom. The largest absolute Gasteiger partial charge is 0.497 e. The molecule has 0 saturated carbocycles. The molecule has 0 aliphatic rings. The Hall–Kier alpha value is 0.0300. The quantitative estimate of drug-likeness (QED) is 0.663. The smallest absolute Gasteiger partial charge is 0.220 e. The molecule has 0 spiro atoms. The highest BCUT2D eigenvalue weighted by molar-refractivity contribution is 7.92. The van der Waals surface area contributed by atoms with Crippen LogP contribution in [0.2, 0.25) is 0 Å². The van der Waals surface area contributed by atoms with Crippen LogP contribution in [0.5, 0.6) is 0 Å². The molecule has 0 aromatic carbocycles. The van der Waals surface area contributed by atoms with Crippen LogP contribution in [-0.4, -0.2) is 25.6 Å². The van der Waals surface area contributed by atoms with Gasteiger partial charge in [0.25, 0.3) is 0 Å². The summed E-state index contributed by atoms with van der Waals surface area (Å²) in [6.45, 7) is 0. The first-order chi connectivity index (χ1) is 4.81. The molecule has 0 aliphatic heterocycles. The third-order valence-electron chi connectivity index (χ3n) is 0.899. The average Bonchev–Trinajstić information content (AvgIpc) is 1.81. The van der Waals surface area contributed by atoms with Crippen LogP contribution in [-0.2, 0) is 9.84 Å². The molecule has 0 N–H and O–H groups in total. The summed E-state index contributed by atoms with van der Waals surface area (Å²) in [6.07, 6.45) is -0.177. The highest BCUT2D eigenvalue weighted by Crippen LogP contribution is 2.24.